The van der Waals surface area contributed by atoms with Gasteiger partial charge < -0.3 is 19.3 Å². The van der Waals surface area contributed by atoms with Gasteiger partial charge in [-0.3, -0.25) is 4.79 Å². The first-order valence-corrected chi connectivity index (χ1v) is 10.7. The number of aromatic nitrogens is 2. The van der Waals surface area contributed by atoms with Crippen molar-refractivity contribution in [3.05, 3.63) is 23.3 Å². The third kappa shape index (κ3) is 4.88. The van der Waals surface area contributed by atoms with Crippen LogP contribution in [0, 0.1) is 0 Å². The summed E-state index contributed by atoms with van der Waals surface area (Å²) in [7, 11) is 2.17. The number of piperidine rings is 1. The third-order valence-corrected chi connectivity index (χ3v) is 6.19. The number of carbonyl (C=O) groups excluding carboxylic acids is 1. The zero-order valence-corrected chi connectivity index (χ0v) is 16.9. The number of hydrogen-bond donors (Lipinski definition) is 0. The van der Waals surface area contributed by atoms with Gasteiger partial charge >= 0.3 is 0 Å². The molecule has 0 spiro atoms. The maximum atomic E-state index is 12.5. The van der Waals surface area contributed by atoms with Crippen LogP contribution in [0.4, 0.5) is 0 Å². The zero-order chi connectivity index (χ0) is 19.3. The highest BCUT2D eigenvalue weighted by Crippen LogP contribution is 2.26. The van der Waals surface area contributed by atoms with E-state index in [-0.39, 0.29) is 18.6 Å². The Morgan fingerprint density at radius 1 is 1.25 bits per heavy atom. The van der Waals surface area contributed by atoms with Crippen LogP contribution in [0.25, 0.3) is 0 Å². The highest BCUT2D eigenvalue weighted by atomic mass is 16.5. The fourth-order valence-electron chi connectivity index (χ4n) is 4.32. The highest BCUT2D eigenvalue weighted by molar-refractivity contribution is 5.77. The van der Waals surface area contributed by atoms with E-state index in [9.17, 15) is 4.79 Å². The summed E-state index contributed by atoms with van der Waals surface area (Å²) in [5, 5.41) is 0. The van der Waals surface area contributed by atoms with Gasteiger partial charge in [0.1, 0.15) is 12.4 Å². The summed E-state index contributed by atoms with van der Waals surface area (Å²) in [6, 6.07) is 0. The van der Waals surface area contributed by atoms with Crippen LogP contribution in [0.3, 0.4) is 0 Å². The van der Waals surface area contributed by atoms with Crippen molar-refractivity contribution in [2.75, 3.05) is 46.5 Å². The smallest absolute Gasteiger partial charge is 0.248 e. The molecule has 0 saturated carbocycles. The zero-order valence-electron chi connectivity index (χ0n) is 16.9. The lowest BCUT2D eigenvalue weighted by atomic mass is 9.95. The van der Waals surface area contributed by atoms with Gasteiger partial charge in [0.25, 0.3) is 0 Å². The van der Waals surface area contributed by atoms with Gasteiger partial charge in [-0.2, -0.15) is 0 Å². The molecule has 0 unspecified atom stereocenters. The van der Waals surface area contributed by atoms with E-state index in [4.69, 9.17) is 14.5 Å². The molecule has 7 nitrogen and oxygen atoms in total. The molecule has 1 amide bonds. The molecule has 1 atom stereocenters. The molecule has 1 aromatic rings. The van der Waals surface area contributed by atoms with Crippen LogP contribution in [0.5, 0.6) is 0 Å². The Morgan fingerprint density at radius 3 is 2.89 bits per heavy atom. The first kappa shape index (κ1) is 19.7. The minimum Gasteiger partial charge on any atom is -0.376 e. The third-order valence-electron chi connectivity index (χ3n) is 6.19. The number of amides is 1. The predicted molar refractivity (Wildman–Crippen MR) is 105 cm³/mol. The van der Waals surface area contributed by atoms with E-state index in [1.807, 2.05) is 11.1 Å². The second-order valence-electron chi connectivity index (χ2n) is 8.35. The number of ether oxygens (including phenoxy) is 2. The summed E-state index contributed by atoms with van der Waals surface area (Å²) in [4.78, 5) is 26.2. The van der Waals surface area contributed by atoms with Crippen LogP contribution < -0.4 is 0 Å². The molecule has 1 aromatic heterocycles. The van der Waals surface area contributed by atoms with E-state index in [0.29, 0.717) is 25.6 Å². The maximum Gasteiger partial charge on any atom is 0.248 e. The van der Waals surface area contributed by atoms with E-state index >= 15 is 0 Å². The summed E-state index contributed by atoms with van der Waals surface area (Å²) in [5.74, 6) is 1.50. The molecule has 0 bridgehead atoms. The van der Waals surface area contributed by atoms with Gasteiger partial charge in [-0.25, -0.2) is 9.97 Å². The molecule has 0 N–H and O–H groups in total. The molecule has 2 fully saturated rings. The standard InChI is InChI=1S/C21H32N4O3/c1-24-8-5-16(6-9-24)21-22-12-17-13-25(10-7-19(17)23-21)20(26)15-27-14-18-4-2-3-11-28-18/h12,16,18H,2-11,13-15H2,1H3/t18-/m0/s1. The average molecular weight is 389 g/mol. The highest BCUT2D eigenvalue weighted by Gasteiger charge is 2.26. The molecule has 7 heteroatoms. The SMILES string of the molecule is CN1CCC(c2ncc3c(n2)CCN(C(=O)COC[C@@H]2CCCCO2)C3)CC1. The minimum atomic E-state index is 0.0425. The topological polar surface area (TPSA) is 67.8 Å². The van der Waals surface area contributed by atoms with Gasteiger partial charge in [0.15, 0.2) is 0 Å². The second-order valence-corrected chi connectivity index (χ2v) is 8.35. The summed E-state index contributed by atoms with van der Waals surface area (Å²) < 4.78 is 11.3. The molecule has 154 valence electrons. The Bertz CT molecular complexity index is 670. The lowest BCUT2D eigenvalue weighted by Gasteiger charge is -2.30. The van der Waals surface area contributed by atoms with E-state index in [1.54, 1.807) is 0 Å². The van der Waals surface area contributed by atoms with Crippen LogP contribution in [0.15, 0.2) is 6.20 Å². The first-order valence-electron chi connectivity index (χ1n) is 10.7. The monoisotopic (exact) mass is 388 g/mol. The fourth-order valence-corrected chi connectivity index (χ4v) is 4.32. The van der Waals surface area contributed by atoms with Gasteiger partial charge in [-0.05, 0) is 52.2 Å². The number of likely N-dealkylation sites (tertiary alicyclic amines) is 1. The Morgan fingerprint density at radius 2 is 2.11 bits per heavy atom. The van der Waals surface area contributed by atoms with Gasteiger partial charge in [0.05, 0.1) is 18.4 Å². The summed E-state index contributed by atoms with van der Waals surface area (Å²) in [6.07, 6.45) is 8.48. The molecule has 0 aromatic carbocycles. The van der Waals surface area contributed by atoms with E-state index in [2.05, 4.69) is 16.9 Å². The van der Waals surface area contributed by atoms with Gasteiger partial charge in [0, 0.05) is 43.8 Å². The number of nitrogens with zero attached hydrogens (tertiary/aromatic N) is 4. The minimum absolute atomic E-state index is 0.0425. The molecule has 2 saturated heterocycles. The van der Waals surface area contributed by atoms with Gasteiger partial charge in [0.2, 0.25) is 5.91 Å². The van der Waals surface area contributed by atoms with Crippen LogP contribution >= 0.6 is 0 Å². The molecule has 4 heterocycles. The molecule has 28 heavy (non-hydrogen) atoms. The van der Waals surface area contributed by atoms with Crippen molar-refractivity contribution >= 4 is 5.91 Å². The summed E-state index contributed by atoms with van der Waals surface area (Å²) in [6.45, 7) is 4.97. The lowest BCUT2D eigenvalue weighted by Crippen LogP contribution is -2.39. The summed E-state index contributed by atoms with van der Waals surface area (Å²) in [5.41, 5.74) is 2.19. The Balaban J connectivity index is 1.27. The predicted octanol–water partition coefficient (Wildman–Crippen LogP) is 1.76. The van der Waals surface area contributed by atoms with Crippen LogP contribution in [0.1, 0.15) is 55.1 Å². The fraction of sp³-hybridized carbons (Fsp3) is 0.762. The van der Waals surface area contributed by atoms with Crippen molar-refractivity contribution in [2.24, 2.45) is 0 Å². The van der Waals surface area contributed by atoms with Crippen LogP contribution in [-0.4, -0.2) is 78.3 Å². The largest absolute Gasteiger partial charge is 0.376 e. The van der Waals surface area contributed by atoms with Crippen LogP contribution in [0.2, 0.25) is 0 Å². The van der Waals surface area contributed by atoms with E-state index < -0.39 is 0 Å². The maximum absolute atomic E-state index is 12.5. The molecular formula is C21H32N4O3. The van der Waals surface area contributed by atoms with Gasteiger partial charge in [-0.1, -0.05) is 0 Å². The Labute approximate surface area is 167 Å². The Hall–Kier alpha value is -1.57. The van der Waals surface area contributed by atoms with Crippen molar-refractivity contribution in [3.63, 3.8) is 0 Å². The van der Waals surface area contributed by atoms with E-state index in [0.717, 1.165) is 68.9 Å². The molecule has 0 radical (unpaired) electrons. The first-order chi connectivity index (χ1) is 13.7. The molecule has 3 aliphatic rings. The number of hydrogen-bond acceptors (Lipinski definition) is 6. The number of fused-ring (bicyclic) bond motifs is 1. The van der Waals surface area contributed by atoms with Gasteiger partial charge in [-0.15, -0.1) is 0 Å². The molecule has 3 aliphatic heterocycles. The normalized spacial score (nSPS) is 24.2. The van der Waals surface area contributed by atoms with Crippen molar-refractivity contribution in [1.29, 1.82) is 0 Å². The molecule has 0 aliphatic carbocycles. The summed E-state index contributed by atoms with van der Waals surface area (Å²) >= 11 is 0. The number of carbonyl (C=O) groups is 1. The second kappa shape index (κ2) is 9.29. The Kier molecular flexibility index (Phi) is 6.54. The van der Waals surface area contributed by atoms with E-state index in [1.165, 1.54) is 6.42 Å². The van der Waals surface area contributed by atoms with Crippen LogP contribution in [-0.2, 0) is 27.2 Å². The number of rotatable bonds is 5. The quantitative estimate of drug-likeness (QED) is 0.766. The van der Waals surface area contributed by atoms with Crippen molar-refractivity contribution in [3.8, 4) is 0 Å². The lowest BCUT2D eigenvalue weighted by molar-refractivity contribution is -0.139. The van der Waals surface area contributed by atoms with Crippen molar-refractivity contribution in [1.82, 2.24) is 19.8 Å². The average Bonchev–Trinajstić information content (AvgIpc) is 2.74. The van der Waals surface area contributed by atoms with Crippen molar-refractivity contribution < 1.29 is 14.3 Å². The molecule has 4 rings (SSSR count). The molecular weight excluding hydrogens is 356 g/mol. The van der Waals surface area contributed by atoms with Crippen molar-refractivity contribution in [2.45, 2.75) is 57.1 Å².